The summed E-state index contributed by atoms with van der Waals surface area (Å²) in [6.07, 6.45) is 3.68. The third kappa shape index (κ3) is 4.21. The van der Waals surface area contributed by atoms with Crippen molar-refractivity contribution in [3.63, 3.8) is 0 Å². The van der Waals surface area contributed by atoms with Gasteiger partial charge in [0, 0.05) is 32.5 Å². The molecule has 5 rings (SSSR count). The maximum Gasteiger partial charge on any atom is 0.273 e. The van der Waals surface area contributed by atoms with E-state index in [1.54, 1.807) is 11.8 Å². The van der Waals surface area contributed by atoms with E-state index in [-0.39, 0.29) is 17.4 Å². The molecule has 0 bridgehead atoms. The SMILES string of the molecule is CCCc1[nH][nH]c(=O)c1-c1cc(Sc2ccc(NC(=O)C3CC3)cc2)c2ccccc2n1. The van der Waals surface area contributed by atoms with Gasteiger partial charge in [-0.3, -0.25) is 14.7 Å². The van der Waals surface area contributed by atoms with Crippen molar-refractivity contribution in [1.29, 1.82) is 0 Å². The number of aryl methyl sites for hydroxylation is 1. The molecule has 1 aliphatic rings. The van der Waals surface area contributed by atoms with Gasteiger partial charge in [-0.25, -0.2) is 4.98 Å². The number of aromatic nitrogens is 3. The second kappa shape index (κ2) is 8.67. The number of carbonyl (C=O) groups is 1. The van der Waals surface area contributed by atoms with Crippen LogP contribution in [0.5, 0.6) is 0 Å². The highest BCUT2D eigenvalue weighted by molar-refractivity contribution is 7.99. The van der Waals surface area contributed by atoms with E-state index in [0.29, 0.717) is 11.3 Å². The van der Waals surface area contributed by atoms with E-state index in [9.17, 15) is 9.59 Å². The van der Waals surface area contributed by atoms with Crippen molar-refractivity contribution in [2.75, 3.05) is 5.32 Å². The van der Waals surface area contributed by atoms with Crippen molar-refractivity contribution in [1.82, 2.24) is 15.2 Å². The van der Waals surface area contributed by atoms with Crippen molar-refractivity contribution in [2.45, 2.75) is 42.4 Å². The molecule has 0 saturated heterocycles. The van der Waals surface area contributed by atoms with Crippen LogP contribution in [0.25, 0.3) is 22.2 Å². The highest BCUT2D eigenvalue weighted by Crippen LogP contribution is 2.36. The summed E-state index contributed by atoms with van der Waals surface area (Å²) in [5.41, 5.74) is 3.68. The van der Waals surface area contributed by atoms with Crippen LogP contribution in [0.3, 0.4) is 0 Å². The Hall–Kier alpha value is -3.32. The van der Waals surface area contributed by atoms with E-state index in [4.69, 9.17) is 4.98 Å². The number of nitrogens with zero attached hydrogens (tertiary/aromatic N) is 1. The maximum atomic E-state index is 12.5. The molecule has 2 aromatic heterocycles. The molecule has 3 N–H and O–H groups in total. The Morgan fingerprint density at radius 1 is 1.12 bits per heavy atom. The number of pyridine rings is 1. The van der Waals surface area contributed by atoms with Crippen LogP contribution >= 0.6 is 11.8 Å². The number of benzene rings is 2. The van der Waals surface area contributed by atoms with Crippen LogP contribution in [0.15, 0.2) is 69.2 Å². The number of fused-ring (bicyclic) bond motifs is 1. The van der Waals surface area contributed by atoms with Crippen LogP contribution in [0.4, 0.5) is 5.69 Å². The molecule has 2 aromatic carbocycles. The van der Waals surface area contributed by atoms with Gasteiger partial charge in [-0.05, 0) is 55.7 Å². The van der Waals surface area contributed by atoms with E-state index in [1.165, 1.54) is 0 Å². The molecule has 7 heteroatoms. The van der Waals surface area contributed by atoms with E-state index in [0.717, 1.165) is 57.8 Å². The van der Waals surface area contributed by atoms with Gasteiger partial charge >= 0.3 is 0 Å². The number of carbonyl (C=O) groups excluding carboxylic acids is 1. The number of amides is 1. The summed E-state index contributed by atoms with van der Waals surface area (Å²) >= 11 is 1.62. The number of H-pyrrole nitrogens is 2. The fourth-order valence-corrected chi connectivity index (χ4v) is 4.76. The Morgan fingerprint density at radius 3 is 2.66 bits per heavy atom. The zero-order valence-corrected chi connectivity index (χ0v) is 18.6. The van der Waals surface area contributed by atoms with E-state index < -0.39 is 0 Å². The molecule has 1 saturated carbocycles. The Balaban J connectivity index is 1.49. The second-order valence-corrected chi connectivity index (χ2v) is 9.21. The molecule has 0 unspecified atom stereocenters. The lowest BCUT2D eigenvalue weighted by atomic mass is 10.1. The third-order valence-electron chi connectivity index (χ3n) is 5.59. The molecule has 0 aliphatic heterocycles. The van der Waals surface area contributed by atoms with Crippen LogP contribution in [-0.2, 0) is 11.2 Å². The van der Waals surface area contributed by atoms with Crippen LogP contribution in [0.2, 0.25) is 0 Å². The first-order valence-electron chi connectivity index (χ1n) is 10.9. The Morgan fingerprint density at radius 2 is 1.91 bits per heavy atom. The molecule has 1 fully saturated rings. The molecule has 0 spiro atoms. The van der Waals surface area contributed by atoms with Crippen LogP contribution < -0.4 is 10.9 Å². The summed E-state index contributed by atoms with van der Waals surface area (Å²) in [5.74, 6) is 0.287. The molecule has 1 aliphatic carbocycles. The number of aromatic amines is 2. The zero-order chi connectivity index (χ0) is 22.1. The number of anilines is 1. The first kappa shape index (κ1) is 20.6. The third-order valence-corrected chi connectivity index (χ3v) is 6.65. The van der Waals surface area contributed by atoms with Gasteiger partial charge in [0.25, 0.3) is 5.56 Å². The van der Waals surface area contributed by atoms with Crippen molar-refractivity contribution >= 4 is 34.3 Å². The summed E-state index contributed by atoms with van der Waals surface area (Å²) in [6, 6.07) is 17.8. The average Bonchev–Trinajstić information content (AvgIpc) is 3.59. The van der Waals surface area contributed by atoms with Crippen LogP contribution in [-0.4, -0.2) is 21.1 Å². The molecule has 32 heavy (non-hydrogen) atoms. The number of para-hydroxylation sites is 1. The highest BCUT2D eigenvalue weighted by Gasteiger charge is 2.29. The Kier molecular flexibility index (Phi) is 5.57. The topological polar surface area (TPSA) is 90.6 Å². The maximum absolute atomic E-state index is 12.5. The fraction of sp³-hybridized carbons (Fsp3) is 0.240. The van der Waals surface area contributed by atoms with Gasteiger partial charge in [-0.15, -0.1) is 0 Å². The molecule has 6 nitrogen and oxygen atoms in total. The summed E-state index contributed by atoms with van der Waals surface area (Å²) in [7, 11) is 0. The smallest absolute Gasteiger partial charge is 0.273 e. The predicted octanol–water partition coefficient (Wildman–Crippen LogP) is 5.37. The first-order valence-corrected chi connectivity index (χ1v) is 11.7. The highest BCUT2D eigenvalue weighted by atomic mass is 32.2. The van der Waals surface area contributed by atoms with Crippen LogP contribution in [0.1, 0.15) is 31.9 Å². The number of nitrogens with one attached hydrogen (secondary N) is 3. The normalized spacial score (nSPS) is 13.4. The van der Waals surface area contributed by atoms with Gasteiger partial charge < -0.3 is 10.4 Å². The average molecular weight is 445 g/mol. The summed E-state index contributed by atoms with van der Waals surface area (Å²) in [4.78, 5) is 31.4. The lowest BCUT2D eigenvalue weighted by molar-refractivity contribution is -0.117. The summed E-state index contributed by atoms with van der Waals surface area (Å²) < 4.78 is 0. The molecule has 0 atom stereocenters. The largest absolute Gasteiger partial charge is 0.326 e. The van der Waals surface area contributed by atoms with Gasteiger partial charge in [0.1, 0.15) is 0 Å². The van der Waals surface area contributed by atoms with Gasteiger partial charge in [-0.1, -0.05) is 43.3 Å². The number of hydrogen-bond donors (Lipinski definition) is 3. The van der Waals surface area contributed by atoms with E-state index in [2.05, 4.69) is 22.4 Å². The Bertz CT molecular complexity index is 1340. The predicted molar refractivity (Wildman–Crippen MR) is 128 cm³/mol. The number of hydrogen-bond acceptors (Lipinski definition) is 4. The summed E-state index contributed by atoms with van der Waals surface area (Å²) in [6.45, 7) is 2.08. The van der Waals surface area contributed by atoms with Gasteiger partial charge in [0.05, 0.1) is 16.8 Å². The summed E-state index contributed by atoms with van der Waals surface area (Å²) in [5, 5.41) is 9.73. The van der Waals surface area contributed by atoms with E-state index in [1.807, 2.05) is 54.6 Å². The van der Waals surface area contributed by atoms with Crippen molar-refractivity contribution in [2.24, 2.45) is 5.92 Å². The minimum Gasteiger partial charge on any atom is -0.326 e. The van der Waals surface area contributed by atoms with E-state index >= 15 is 0 Å². The standard InChI is InChI=1S/C25H24N4O2S/c1-2-5-20-23(25(31)29-28-20)21-14-22(18-6-3-4-7-19(18)27-21)32-17-12-10-16(11-13-17)26-24(30)15-8-9-15/h3-4,6-7,10-15H,2,5,8-9H2,1H3,(H,26,30)(H2,28,29,31). The molecule has 162 valence electrons. The number of rotatable bonds is 7. The molecule has 0 radical (unpaired) electrons. The Labute approximate surface area is 189 Å². The van der Waals surface area contributed by atoms with Crippen molar-refractivity contribution < 1.29 is 4.79 Å². The minimum absolute atomic E-state index is 0.106. The van der Waals surface area contributed by atoms with Crippen molar-refractivity contribution in [3.8, 4) is 11.3 Å². The van der Waals surface area contributed by atoms with Gasteiger partial charge in [0.2, 0.25) is 5.91 Å². The molecule has 1 amide bonds. The molecule has 4 aromatic rings. The van der Waals surface area contributed by atoms with Gasteiger partial charge in [-0.2, -0.15) is 0 Å². The molecular weight excluding hydrogens is 420 g/mol. The molecular formula is C25H24N4O2S. The zero-order valence-electron chi connectivity index (χ0n) is 17.8. The lowest BCUT2D eigenvalue weighted by Crippen LogP contribution is -2.12. The minimum atomic E-state index is -0.150. The fourth-order valence-electron chi connectivity index (χ4n) is 3.78. The monoisotopic (exact) mass is 444 g/mol. The first-order chi connectivity index (χ1) is 15.6. The molecule has 2 heterocycles. The quantitative estimate of drug-likeness (QED) is 0.357. The van der Waals surface area contributed by atoms with Crippen molar-refractivity contribution in [3.05, 3.63) is 70.6 Å². The van der Waals surface area contributed by atoms with Gasteiger partial charge in [0.15, 0.2) is 0 Å². The van der Waals surface area contributed by atoms with Crippen LogP contribution in [0, 0.1) is 5.92 Å². The second-order valence-electron chi connectivity index (χ2n) is 8.10. The lowest BCUT2D eigenvalue weighted by Gasteiger charge is -2.10.